The Morgan fingerprint density at radius 1 is 1.41 bits per heavy atom. The average Bonchev–Trinajstić information content (AvgIpc) is 2.26. The van der Waals surface area contributed by atoms with Crippen molar-refractivity contribution >= 4 is 5.97 Å². The van der Waals surface area contributed by atoms with Gasteiger partial charge in [-0.15, -0.1) is 0 Å². The maximum Gasteiger partial charge on any atom is 0.323 e. The van der Waals surface area contributed by atoms with Gasteiger partial charge in [0.1, 0.15) is 18.5 Å². The van der Waals surface area contributed by atoms with E-state index in [-0.39, 0.29) is 12.4 Å². The van der Waals surface area contributed by atoms with Gasteiger partial charge in [0.15, 0.2) is 0 Å². The Labute approximate surface area is 101 Å². The molecule has 0 heterocycles. The second-order valence-electron chi connectivity index (χ2n) is 4.44. The van der Waals surface area contributed by atoms with Gasteiger partial charge in [-0.2, -0.15) is 0 Å². The van der Waals surface area contributed by atoms with Gasteiger partial charge in [-0.3, -0.25) is 4.79 Å². The van der Waals surface area contributed by atoms with Crippen LogP contribution in [-0.4, -0.2) is 12.0 Å². The van der Waals surface area contributed by atoms with Crippen LogP contribution in [0.5, 0.6) is 0 Å². The van der Waals surface area contributed by atoms with E-state index in [1.54, 1.807) is 18.2 Å². The minimum absolute atomic E-state index is 0.0721. The van der Waals surface area contributed by atoms with Gasteiger partial charge in [0, 0.05) is 5.56 Å². The van der Waals surface area contributed by atoms with Gasteiger partial charge >= 0.3 is 5.97 Å². The van der Waals surface area contributed by atoms with E-state index in [0.717, 1.165) is 0 Å². The molecule has 0 saturated heterocycles. The molecule has 0 amide bonds. The van der Waals surface area contributed by atoms with Crippen LogP contribution in [0.2, 0.25) is 0 Å². The molecule has 3 nitrogen and oxygen atoms in total. The summed E-state index contributed by atoms with van der Waals surface area (Å²) in [4.78, 5) is 11.5. The molecule has 0 aromatic heterocycles. The van der Waals surface area contributed by atoms with Gasteiger partial charge in [0.25, 0.3) is 0 Å². The Morgan fingerprint density at radius 2 is 2.06 bits per heavy atom. The Balaban J connectivity index is 2.46. The fourth-order valence-electron chi connectivity index (χ4n) is 1.48. The van der Waals surface area contributed by atoms with Crippen LogP contribution in [0.15, 0.2) is 24.3 Å². The quantitative estimate of drug-likeness (QED) is 0.802. The minimum atomic E-state index is -0.637. The van der Waals surface area contributed by atoms with Gasteiger partial charge in [-0.25, -0.2) is 4.39 Å². The molecule has 0 fully saturated rings. The standard InChI is InChI=1S/C13H18FNO2/c1-9(2)7-12(15)13(16)17-8-10-5-3-4-6-11(10)14/h3-6,9,12H,7-8,15H2,1-2H3. The summed E-state index contributed by atoms with van der Waals surface area (Å²) in [7, 11) is 0. The molecule has 0 aliphatic carbocycles. The third-order valence-electron chi connectivity index (χ3n) is 2.36. The van der Waals surface area contributed by atoms with Crippen molar-refractivity contribution in [2.45, 2.75) is 32.9 Å². The summed E-state index contributed by atoms with van der Waals surface area (Å²) in [6, 6.07) is 5.56. The van der Waals surface area contributed by atoms with Crippen molar-refractivity contribution in [3.05, 3.63) is 35.6 Å². The monoisotopic (exact) mass is 239 g/mol. The molecule has 1 unspecified atom stereocenters. The van der Waals surface area contributed by atoms with E-state index in [1.165, 1.54) is 6.07 Å². The Morgan fingerprint density at radius 3 is 2.65 bits per heavy atom. The van der Waals surface area contributed by atoms with Crippen molar-refractivity contribution in [1.82, 2.24) is 0 Å². The maximum atomic E-state index is 13.2. The van der Waals surface area contributed by atoms with E-state index in [2.05, 4.69) is 0 Å². The number of nitrogens with two attached hydrogens (primary N) is 1. The van der Waals surface area contributed by atoms with Crippen LogP contribution in [0.25, 0.3) is 0 Å². The molecule has 2 N–H and O–H groups in total. The van der Waals surface area contributed by atoms with Gasteiger partial charge in [-0.1, -0.05) is 32.0 Å². The predicted molar refractivity (Wildman–Crippen MR) is 63.6 cm³/mol. The summed E-state index contributed by atoms with van der Waals surface area (Å²) in [6.45, 7) is 3.88. The summed E-state index contributed by atoms with van der Waals surface area (Å²) >= 11 is 0. The number of ether oxygens (including phenoxy) is 1. The lowest BCUT2D eigenvalue weighted by atomic mass is 10.1. The molecule has 94 valence electrons. The molecule has 0 aliphatic rings. The van der Waals surface area contributed by atoms with Gasteiger partial charge in [-0.05, 0) is 18.4 Å². The van der Waals surface area contributed by atoms with E-state index in [4.69, 9.17) is 10.5 Å². The third-order valence-corrected chi connectivity index (χ3v) is 2.36. The summed E-state index contributed by atoms with van der Waals surface area (Å²) in [6.07, 6.45) is 0.566. The molecule has 1 atom stereocenters. The zero-order valence-electron chi connectivity index (χ0n) is 10.2. The van der Waals surface area contributed by atoms with Crippen molar-refractivity contribution in [3.63, 3.8) is 0 Å². The van der Waals surface area contributed by atoms with Crippen LogP contribution in [0.1, 0.15) is 25.8 Å². The molecule has 0 spiro atoms. The first-order chi connectivity index (χ1) is 8.00. The van der Waals surface area contributed by atoms with Crippen LogP contribution < -0.4 is 5.73 Å². The molecular formula is C13H18FNO2. The number of carbonyl (C=O) groups excluding carboxylic acids is 1. The summed E-state index contributed by atoms with van der Waals surface area (Å²) in [5.41, 5.74) is 6.01. The largest absolute Gasteiger partial charge is 0.460 e. The molecule has 0 aliphatic heterocycles. The lowest BCUT2D eigenvalue weighted by Crippen LogP contribution is -2.33. The van der Waals surface area contributed by atoms with Gasteiger partial charge in [0.05, 0.1) is 0 Å². The predicted octanol–water partition coefficient (Wildman–Crippen LogP) is 2.24. The fraction of sp³-hybridized carbons (Fsp3) is 0.462. The Bertz CT molecular complexity index is 379. The van der Waals surface area contributed by atoms with Crippen molar-refractivity contribution in [1.29, 1.82) is 0 Å². The summed E-state index contributed by atoms with van der Waals surface area (Å²) < 4.78 is 18.2. The topological polar surface area (TPSA) is 52.3 Å². The van der Waals surface area contributed by atoms with Crippen molar-refractivity contribution < 1.29 is 13.9 Å². The second-order valence-corrected chi connectivity index (χ2v) is 4.44. The number of rotatable bonds is 5. The highest BCUT2D eigenvalue weighted by molar-refractivity contribution is 5.75. The van der Waals surface area contributed by atoms with E-state index in [0.29, 0.717) is 17.9 Å². The Hall–Kier alpha value is -1.42. The van der Waals surface area contributed by atoms with Crippen LogP contribution in [0.4, 0.5) is 4.39 Å². The number of carbonyl (C=O) groups is 1. The highest BCUT2D eigenvalue weighted by Crippen LogP contribution is 2.09. The first-order valence-corrected chi connectivity index (χ1v) is 5.66. The first-order valence-electron chi connectivity index (χ1n) is 5.66. The Kier molecular flexibility index (Phi) is 5.10. The zero-order valence-corrected chi connectivity index (χ0v) is 10.2. The van der Waals surface area contributed by atoms with E-state index >= 15 is 0 Å². The lowest BCUT2D eigenvalue weighted by Gasteiger charge is -2.13. The molecular weight excluding hydrogens is 221 g/mol. The highest BCUT2D eigenvalue weighted by atomic mass is 19.1. The maximum absolute atomic E-state index is 13.2. The molecule has 0 radical (unpaired) electrons. The minimum Gasteiger partial charge on any atom is -0.460 e. The van der Waals surface area contributed by atoms with Gasteiger partial charge < -0.3 is 10.5 Å². The van der Waals surface area contributed by atoms with Crippen molar-refractivity contribution in [3.8, 4) is 0 Å². The second kappa shape index (κ2) is 6.35. The molecule has 0 saturated carbocycles. The lowest BCUT2D eigenvalue weighted by molar-refractivity contribution is -0.147. The summed E-state index contributed by atoms with van der Waals surface area (Å²) in [5.74, 6) is -0.536. The molecule has 1 aromatic rings. The number of hydrogen-bond donors (Lipinski definition) is 1. The van der Waals surface area contributed by atoms with E-state index in [9.17, 15) is 9.18 Å². The number of halogens is 1. The van der Waals surface area contributed by atoms with E-state index in [1.807, 2.05) is 13.8 Å². The van der Waals surface area contributed by atoms with Crippen molar-refractivity contribution in [2.24, 2.45) is 11.7 Å². The van der Waals surface area contributed by atoms with Crippen LogP contribution in [-0.2, 0) is 16.1 Å². The first kappa shape index (κ1) is 13.6. The van der Waals surface area contributed by atoms with Crippen LogP contribution in [0.3, 0.4) is 0 Å². The SMILES string of the molecule is CC(C)CC(N)C(=O)OCc1ccccc1F. The number of esters is 1. The van der Waals surface area contributed by atoms with Crippen molar-refractivity contribution in [2.75, 3.05) is 0 Å². The van der Waals surface area contributed by atoms with E-state index < -0.39 is 12.0 Å². The highest BCUT2D eigenvalue weighted by Gasteiger charge is 2.16. The molecule has 4 heteroatoms. The fourth-order valence-corrected chi connectivity index (χ4v) is 1.48. The molecule has 1 aromatic carbocycles. The van der Waals surface area contributed by atoms with Gasteiger partial charge in [0.2, 0.25) is 0 Å². The zero-order chi connectivity index (χ0) is 12.8. The average molecular weight is 239 g/mol. The molecule has 1 rings (SSSR count). The summed E-state index contributed by atoms with van der Waals surface area (Å²) in [5, 5.41) is 0. The smallest absolute Gasteiger partial charge is 0.323 e. The number of hydrogen-bond acceptors (Lipinski definition) is 3. The molecule has 17 heavy (non-hydrogen) atoms. The molecule has 0 bridgehead atoms. The normalized spacial score (nSPS) is 12.5. The van der Waals surface area contributed by atoms with Crippen LogP contribution >= 0.6 is 0 Å². The number of benzene rings is 1. The third kappa shape index (κ3) is 4.53. The van der Waals surface area contributed by atoms with Crippen LogP contribution in [0, 0.1) is 11.7 Å².